The summed E-state index contributed by atoms with van der Waals surface area (Å²) in [5.41, 5.74) is 1.97. The minimum absolute atomic E-state index is 0. The van der Waals surface area contributed by atoms with E-state index in [0.29, 0.717) is 22.2 Å². The number of methoxy groups -OCH3 is 1. The molecule has 0 amide bonds. The van der Waals surface area contributed by atoms with E-state index in [1.165, 1.54) is 4.68 Å². The Balaban J connectivity index is 0.00000261. The lowest BCUT2D eigenvalue weighted by Gasteiger charge is -2.10. The minimum atomic E-state index is -3.75. The fourth-order valence-electron chi connectivity index (χ4n) is 2.63. The predicted molar refractivity (Wildman–Crippen MR) is 106 cm³/mol. The summed E-state index contributed by atoms with van der Waals surface area (Å²) >= 11 is 0. The fourth-order valence-corrected chi connectivity index (χ4v) is 3.00. The van der Waals surface area contributed by atoms with Crippen LogP contribution in [0.25, 0.3) is 22.0 Å². The molecule has 1 aromatic heterocycles. The van der Waals surface area contributed by atoms with Crippen molar-refractivity contribution in [2.24, 2.45) is 12.2 Å². The molecule has 0 fully saturated rings. The van der Waals surface area contributed by atoms with Crippen LogP contribution in [0.4, 0.5) is 0 Å². The van der Waals surface area contributed by atoms with Crippen molar-refractivity contribution >= 4 is 33.4 Å². The Hall–Kier alpha value is -2.46. The van der Waals surface area contributed by atoms with Crippen LogP contribution < -0.4 is 20.2 Å². The lowest BCUT2D eigenvalue weighted by atomic mass is 10.0. The van der Waals surface area contributed by atoms with E-state index in [2.05, 4.69) is 9.82 Å². The smallest absolute Gasteiger partial charge is 0.274 e. The summed E-state index contributed by atoms with van der Waals surface area (Å²) in [4.78, 5) is 12.3. The van der Waals surface area contributed by atoms with Gasteiger partial charge in [-0.05, 0) is 23.8 Å². The molecule has 8 nitrogen and oxygen atoms in total. The zero-order chi connectivity index (χ0) is 18.9. The first-order valence-electron chi connectivity index (χ1n) is 7.70. The predicted octanol–water partition coefficient (Wildman–Crippen LogP) is 1.32. The van der Waals surface area contributed by atoms with E-state index in [4.69, 9.17) is 9.88 Å². The molecule has 144 valence electrons. The highest BCUT2D eigenvalue weighted by Gasteiger charge is 2.12. The topological polar surface area (TPSA) is 116 Å². The van der Waals surface area contributed by atoms with E-state index in [0.717, 1.165) is 11.1 Å². The van der Waals surface area contributed by atoms with E-state index in [-0.39, 0.29) is 24.5 Å². The van der Waals surface area contributed by atoms with Crippen LogP contribution in [-0.4, -0.2) is 25.3 Å². The number of nitrogens with zero attached hydrogens (tertiary/aromatic N) is 2. The van der Waals surface area contributed by atoms with Gasteiger partial charge in [-0.15, -0.1) is 12.4 Å². The number of halogens is 1. The molecule has 0 saturated heterocycles. The van der Waals surface area contributed by atoms with Crippen LogP contribution in [0.15, 0.2) is 47.3 Å². The Labute approximate surface area is 162 Å². The van der Waals surface area contributed by atoms with E-state index in [1.807, 2.05) is 12.1 Å². The molecule has 0 radical (unpaired) electrons. The molecule has 3 N–H and O–H groups in total. The van der Waals surface area contributed by atoms with Crippen molar-refractivity contribution < 1.29 is 13.2 Å². The van der Waals surface area contributed by atoms with Crippen molar-refractivity contribution in [3.63, 3.8) is 0 Å². The molecule has 1 heterocycles. The van der Waals surface area contributed by atoms with Gasteiger partial charge in [0.25, 0.3) is 15.8 Å². The van der Waals surface area contributed by atoms with Gasteiger partial charge < -0.3 is 4.74 Å². The van der Waals surface area contributed by atoms with Crippen molar-refractivity contribution in [3.05, 3.63) is 58.4 Å². The summed E-state index contributed by atoms with van der Waals surface area (Å²) in [6, 6.07) is 12.4. The summed E-state index contributed by atoms with van der Waals surface area (Å²) in [5, 5.41) is 10.5. The third-order valence-electron chi connectivity index (χ3n) is 3.96. The molecule has 2 aromatic carbocycles. The number of hydrogen-bond donors (Lipinski definition) is 2. The van der Waals surface area contributed by atoms with Gasteiger partial charge in [0.2, 0.25) is 0 Å². The number of nitrogens with two attached hydrogens (primary N) is 1. The zero-order valence-electron chi connectivity index (χ0n) is 14.7. The second-order valence-corrected chi connectivity index (χ2v) is 7.13. The van der Waals surface area contributed by atoms with Crippen LogP contribution in [0.2, 0.25) is 0 Å². The maximum absolute atomic E-state index is 12.3. The molecule has 0 spiro atoms. The summed E-state index contributed by atoms with van der Waals surface area (Å²) in [6.45, 7) is 0.0917. The number of hydrogen-bond acceptors (Lipinski definition) is 5. The molecule has 0 atom stereocenters. The normalized spacial score (nSPS) is 11.2. The highest BCUT2D eigenvalue weighted by molar-refractivity contribution is 7.87. The average Bonchev–Trinajstić information content (AvgIpc) is 2.62. The number of fused-ring (bicyclic) bond motifs is 1. The summed E-state index contributed by atoms with van der Waals surface area (Å²) < 4.78 is 30.7. The van der Waals surface area contributed by atoms with E-state index < -0.39 is 10.2 Å². The van der Waals surface area contributed by atoms with Gasteiger partial charge >= 0.3 is 0 Å². The SMILES string of the molecule is COc1ccc2c(=O)n(C)nc(-c3ccc(CNS(N)(=O)=O)cc3)c2c1.Cl. The molecule has 3 rings (SSSR count). The fraction of sp³-hybridized carbons (Fsp3) is 0.176. The quantitative estimate of drug-likeness (QED) is 0.658. The van der Waals surface area contributed by atoms with Crippen LogP contribution >= 0.6 is 12.4 Å². The Bertz CT molecular complexity index is 1130. The Morgan fingerprint density at radius 1 is 1.15 bits per heavy atom. The maximum atomic E-state index is 12.3. The molecule has 0 unspecified atom stereocenters. The maximum Gasteiger partial charge on any atom is 0.274 e. The van der Waals surface area contributed by atoms with Crippen molar-refractivity contribution in [2.45, 2.75) is 6.54 Å². The Morgan fingerprint density at radius 2 is 1.81 bits per heavy atom. The molecule has 3 aromatic rings. The highest BCUT2D eigenvalue weighted by atomic mass is 35.5. The van der Waals surface area contributed by atoms with Crippen molar-refractivity contribution in [1.82, 2.24) is 14.5 Å². The first-order chi connectivity index (χ1) is 12.3. The largest absolute Gasteiger partial charge is 0.497 e. The van der Waals surface area contributed by atoms with Crippen molar-refractivity contribution in [1.29, 1.82) is 0 Å². The number of benzene rings is 2. The summed E-state index contributed by atoms with van der Waals surface area (Å²) in [6.07, 6.45) is 0. The number of ether oxygens (including phenoxy) is 1. The Morgan fingerprint density at radius 3 is 2.41 bits per heavy atom. The highest BCUT2D eigenvalue weighted by Crippen LogP contribution is 2.28. The minimum Gasteiger partial charge on any atom is -0.497 e. The summed E-state index contributed by atoms with van der Waals surface area (Å²) in [7, 11) is -0.591. The van der Waals surface area contributed by atoms with Gasteiger partial charge in [-0.3, -0.25) is 4.79 Å². The van der Waals surface area contributed by atoms with Gasteiger partial charge in [-0.25, -0.2) is 9.82 Å². The first-order valence-corrected chi connectivity index (χ1v) is 9.25. The van der Waals surface area contributed by atoms with Gasteiger partial charge in [0.1, 0.15) is 5.75 Å². The second-order valence-electron chi connectivity index (χ2n) is 5.75. The first kappa shape index (κ1) is 20.8. The van der Waals surface area contributed by atoms with E-state index in [9.17, 15) is 13.2 Å². The number of nitrogens with one attached hydrogen (secondary N) is 1. The lowest BCUT2D eigenvalue weighted by Crippen LogP contribution is -2.30. The third-order valence-corrected chi connectivity index (χ3v) is 4.51. The molecule has 0 bridgehead atoms. The third kappa shape index (κ3) is 4.64. The number of aryl methyl sites for hydroxylation is 1. The molecular weight excluding hydrogens is 392 g/mol. The van der Waals surface area contributed by atoms with Gasteiger partial charge in [0, 0.05) is 24.5 Å². The second kappa shape index (κ2) is 8.05. The average molecular weight is 411 g/mol. The molecule has 10 heteroatoms. The van der Waals surface area contributed by atoms with E-state index >= 15 is 0 Å². The van der Waals surface area contributed by atoms with Crippen LogP contribution in [0.5, 0.6) is 5.75 Å². The van der Waals surface area contributed by atoms with Gasteiger partial charge in [0.15, 0.2) is 0 Å². The number of rotatable bonds is 5. The van der Waals surface area contributed by atoms with Gasteiger partial charge in [0.05, 0.1) is 18.2 Å². The zero-order valence-corrected chi connectivity index (χ0v) is 16.3. The molecule has 0 saturated carbocycles. The molecule has 0 aliphatic rings. The monoisotopic (exact) mass is 410 g/mol. The van der Waals surface area contributed by atoms with Crippen molar-refractivity contribution in [3.8, 4) is 17.0 Å². The summed E-state index contributed by atoms with van der Waals surface area (Å²) in [5.74, 6) is 0.628. The van der Waals surface area contributed by atoms with Crippen LogP contribution in [0, 0.1) is 0 Å². The van der Waals surface area contributed by atoms with Crippen LogP contribution in [0.1, 0.15) is 5.56 Å². The molecule has 0 aliphatic carbocycles. The van der Waals surface area contributed by atoms with E-state index in [1.54, 1.807) is 44.5 Å². The Kier molecular flexibility index (Phi) is 6.22. The molecule has 0 aliphatic heterocycles. The van der Waals surface area contributed by atoms with Crippen LogP contribution in [0.3, 0.4) is 0 Å². The molecular formula is C17H19ClN4O4S. The number of aromatic nitrogens is 2. The molecule has 27 heavy (non-hydrogen) atoms. The van der Waals surface area contributed by atoms with Gasteiger partial charge in [-0.2, -0.15) is 18.2 Å². The lowest BCUT2D eigenvalue weighted by molar-refractivity contribution is 0.415. The van der Waals surface area contributed by atoms with Crippen molar-refractivity contribution in [2.75, 3.05) is 7.11 Å². The van der Waals surface area contributed by atoms with Crippen LogP contribution in [-0.2, 0) is 23.8 Å². The van der Waals surface area contributed by atoms with Gasteiger partial charge in [-0.1, -0.05) is 24.3 Å². The standard InChI is InChI=1S/C17H18N4O4S.ClH/c1-21-17(22)14-8-7-13(25-2)9-15(14)16(20-21)12-5-3-11(4-6-12)10-19-26(18,23)24;/h3-9,19H,10H2,1-2H3,(H2,18,23,24);1H.